The molecule has 0 aliphatic carbocycles. The number of hydrogen-bond donors (Lipinski definition) is 4. The molecule has 0 radical (unpaired) electrons. The molecule has 4 N–H and O–H groups in total. The second-order valence-electron chi connectivity index (χ2n) is 18.5. The monoisotopic (exact) mass is 808 g/mol. The summed E-state index contributed by atoms with van der Waals surface area (Å²) < 4.78 is 0. The number of carbonyl (C=O) groups is 1. The summed E-state index contributed by atoms with van der Waals surface area (Å²) in [7, 11) is 0. The van der Waals surface area contributed by atoms with E-state index in [1.165, 1.54) is 244 Å². The molecule has 0 aromatic heterocycles. The highest BCUT2D eigenvalue weighted by molar-refractivity contribution is 5.80. The maximum absolute atomic E-state index is 12.5. The summed E-state index contributed by atoms with van der Waals surface area (Å²) in [5, 5.41) is 33.5. The Morgan fingerprint density at radius 2 is 0.561 bits per heavy atom. The van der Waals surface area contributed by atoms with Crippen LogP contribution in [0.15, 0.2) is 0 Å². The average Bonchev–Trinajstić information content (AvgIpc) is 3.22. The van der Waals surface area contributed by atoms with Gasteiger partial charge in [-0.15, -0.1) is 0 Å². The molecule has 0 aromatic rings. The lowest BCUT2D eigenvalue weighted by atomic mass is 10.0. The lowest BCUT2D eigenvalue weighted by molar-refractivity contribution is -0.131. The Kier molecular flexibility index (Phi) is 47.5. The van der Waals surface area contributed by atoms with Gasteiger partial charge in [-0.1, -0.05) is 290 Å². The van der Waals surface area contributed by atoms with Crippen molar-refractivity contribution in [2.75, 3.05) is 6.61 Å². The molecule has 0 spiro atoms. The van der Waals surface area contributed by atoms with E-state index in [2.05, 4.69) is 19.2 Å². The smallest absolute Gasteiger partial charge is 0.249 e. The van der Waals surface area contributed by atoms with Crippen molar-refractivity contribution >= 4 is 5.91 Å². The molecular formula is C52H105NO4. The topological polar surface area (TPSA) is 89.8 Å². The Bertz CT molecular complexity index is 762. The molecule has 0 bridgehead atoms. The van der Waals surface area contributed by atoms with Crippen molar-refractivity contribution in [3.63, 3.8) is 0 Å². The lowest BCUT2D eigenvalue weighted by Crippen LogP contribution is -2.49. The summed E-state index contributed by atoms with van der Waals surface area (Å²) in [4.78, 5) is 12.5. The SMILES string of the molecule is CCCCCCCCCCCCCCCCCCCCCCCCCCCC(O)C(=O)NC(CO)C(O)CCCCCCCCCCCCCCCCCCCC. The summed E-state index contributed by atoms with van der Waals surface area (Å²) in [5.41, 5.74) is 0. The Morgan fingerprint density at radius 3 is 0.789 bits per heavy atom. The minimum Gasteiger partial charge on any atom is -0.394 e. The minimum absolute atomic E-state index is 0.307. The van der Waals surface area contributed by atoms with Crippen LogP contribution in [0.4, 0.5) is 0 Å². The maximum Gasteiger partial charge on any atom is 0.249 e. The fourth-order valence-electron chi connectivity index (χ4n) is 8.61. The summed E-state index contributed by atoms with van der Waals surface area (Å²) in [6.45, 7) is 4.27. The Balaban J connectivity index is 3.50. The first-order valence-corrected chi connectivity index (χ1v) is 26.3. The number of unbranched alkanes of at least 4 members (excludes halogenated alkanes) is 41. The van der Waals surface area contributed by atoms with E-state index in [4.69, 9.17) is 0 Å². The van der Waals surface area contributed by atoms with Crippen molar-refractivity contribution in [1.82, 2.24) is 5.32 Å². The number of hydrogen-bond acceptors (Lipinski definition) is 4. The molecule has 342 valence electrons. The summed E-state index contributed by atoms with van der Waals surface area (Å²) in [6, 6.07) is -0.706. The lowest BCUT2D eigenvalue weighted by Gasteiger charge is -2.23. The number of rotatable bonds is 49. The average molecular weight is 808 g/mol. The molecule has 0 saturated heterocycles. The van der Waals surface area contributed by atoms with Gasteiger partial charge in [-0.25, -0.2) is 0 Å². The molecule has 0 heterocycles. The van der Waals surface area contributed by atoms with Gasteiger partial charge >= 0.3 is 0 Å². The second-order valence-corrected chi connectivity index (χ2v) is 18.5. The highest BCUT2D eigenvalue weighted by Crippen LogP contribution is 2.18. The molecule has 0 rings (SSSR count). The van der Waals surface area contributed by atoms with E-state index in [-0.39, 0.29) is 6.61 Å². The van der Waals surface area contributed by atoms with Gasteiger partial charge in [-0.3, -0.25) is 4.79 Å². The van der Waals surface area contributed by atoms with Gasteiger partial charge in [0.15, 0.2) is 0 Å². The van der Waals surface area contributed by atoms with Crippen molar-refractivity contribution < 1.29 is 20.1 Å². The molecule has 0 aliphatic heterocycles. The van der Waals surface area contributed by atoms with Crippen molar-refractivity contribution in [2.24, 2.45) is 0 Å². The van der Waals surface area contributed by atoms with Crippen LogP contribution in [0.25, 0.3) is 0 Å². The number of aliphatic hydroxyl groups is 3. The fraction of sp³-hybridized carbons (Fsp3) is 0.981. The highest BCUT2D eigenvalue weighted by Gasteiger charge is 2.23. The van der Waals surface area contributed by atoms with Gasteiger partial charge < -0.3 is 20.6 Å². The minimum atomic E-state index is -1.07. The molecular weight excluding hydrogens is 703 g/mol. The van der Waals surface area contributed by atoms with Gasteiger partial charge in [-0.2, -0.15) is 0 Å². The molecule has 0 aliphatic rings. The molecule has 1 amide bonds. The standard InChI is InChI=1S/C52H105NO4/c1-3-5-7-9-11-13-15-17-19-21-23-24-25-26-27-28-29-31-33-35-37-39-41-43-45-47-51(56)52(57)53-49(48-54)50(55)46-44-42-40-38-36-34-32-30-22-20-18-16-14-12-10-8-6-4-2/h49-51,54-56H,3-48H2,1-2H3,(H,53,57). The Labute approximate surface area is 357 Å². The van der Waals surface area contributed by atoms with Crippen LogP contribution in [0, 0.1) is 0 Å². The Hall–Kier alpha value is -0.650. The first kappa shape index (κ1) is 56.4. The number of aliphatic hydroxyl groups excluding tert-OH is 3. The quantitative estimate of drug-likeness (QED) is 0.0461. The largest absolute Gasteiger partial charge is 0.394 e. The van der Waals surface area contributed by atoms with Crippen molar-refractivity contribution in [3.8, 4) is 0 Å². The third-order valence-corrected chi connectivity index (χ3v) is 12.7. The molecule has 5 nitrogen and oxygen atoms in total. The zero-order valence-corrected chi connectivity index (χ0v) is 39.0. The van der Waals surface area contributed by atoms with Crippen LogP contribution in [-0.4, -0.2) is 46.1 Å². The van der Waals surface area contributed by atoms with Gasteiger partial charge in [0.1, 0.15) is 6.10 Å². The van der Waals surface area contributed by atoms with E-state index in [0.717, 1.165) is 32.1 Å². The third-order valence-electron chi connectivity index (χ3n) is 12.7. The van der Waals surface area contributed by atoms with E-state index in [0.29, 0.717) is 12.8 Å². The van der Waals surface area contributed by atoms with E-state index in [1.54, 1.807) is 0 Å². The van der Waals surface area contributed by atoms with Gasteiger partial charge in [0.2, 0.25) is 5.91 Å². The van der Waals surface area contributed by atoms with Crippen LogP contribution in [-0.2, 0) is 4.79 Å². The zero-order valence-electron chi connectivity index (χ0n) is 39.0. The van der Waals surface area contributed by atoms with E-state index < -0.39 is 24.2 Å². The van der Waals surface area contributed by atoms with Gasteiger partial charge in [0.05, 0.1) is 18.8 Å². The van der Waals surface area contributed by atoms with Crippen LogP contribution in [0.3, 0.4) is 0 Å². The highest BCUT2D eigenvalue weighted by atomic mass is 16.3. The van der Waals surface area contributed by atoms with E-state index >= 15 is 0 Å². The van der Waals surface area contributed by atoms with Gasteiger partial charge in [0.25, 0.3) is 0 Å². The van der Waals surface area contributed by atoms with Crippen LogP contribution in [0.5, 0.6) is 0 Å². The Morgan fingerprint density at radius 1 is 0.351 bits per heavy atom. The molecule has 3 unspecified atom stereocenters. The summed E-state index contributed by atoms with van der Waals surface area (Å²) in [5.74, 6) is -0.463. The predicted octanol–water partition coefficient (Wildman–Crippen LogP) is 15.8. The van der Waals surface area contributed by atoms with Crippen molar-refractivity contribution in [1.29, 1.82) is 0 Å². The number of amides is 1. The zero-order chi connectivity index (χ0) is 41.5. The third kappa shape index (κ3) is 43.3. The van der Waals surface area contributed by atoms with Crippen LogP contribution in [0.2, 0.25) is 0 Å². The van der Waals surface area contributed by atoms with Crippen molar-refractivity contribution in [3.05, 3.63) is 0 Å². The molecule has 0 fully saturated rings. The molecule has 0 saturated carbocycles. The van der Waals surface area contributed by atoms with E-state index in [1.807, 2.05) is 0 Å². The maximum atomic E-state index is 12.5. The normalized spacial score (nSPS) is 13.3. The van der Waals surface area contributed by atoms with Gasteiger partial charge in [-0.05, 0) is 12.8 Å². The van der Waals surface area contributed by atoms with Crippen LogP contribution in [0.1, 0.15) is 303 Å². The predicted molar refractivity (Wildman–Crippen MR) is 250 cm³/mol. The molecule has 3 atom stereocenters. The second kappa shape index (κ2) is 48.0. The first-order chi connectivity index (χ1) is 28.1. The van der Waals surface area contributed by atoms with Crippen molar-refractivity contribution in [2.45, 2.75) is 321 Å². The molecule has 5 heteroatoms. The van der Waals surface area contributed by atoms with Crippen LogP contribution >= 0.6 is 0 Å². The van der Waals surface area contributed by atoms with Gasteiger partial charge in [0, 0.05) is 0 Å². The summed E-state index contributed by atoms with van der Waals surface area (Å²) >= 11 is 0. The van der Waals surface area contributed by atoms with Crippen LogP contribution < -0.4 is 5.32 Å². The first-order valence-electron chi connectivity index (χ1n) is 26.3. The molecule has 57 heavy (non-hydrogen) atoms. The number of carbonyl (C=O) groups excluding carboxylic acids is 1. The fourth-order valence-corrected chi connectivity index (χ4v) is 8.61. The van der Waals surface area contributed by atoms with E-state index in [9.17, 15) is 20.1 Å². The summed E-state index contributed by atoms with van der Waals surface area (Å²) in [6.07, 6.45) is 57.0. The molecule has 0 aromatic carbocycles. The number of nitrogens with one attached hydrogen (secondary N) is 1.